The van der Waals surface area contributed by atoms with Gasteiger partial charge in [-0.1, -0.05) is 0 Å². The summed E-state index contributed by atoms with van der Waals surface area (Å²) in [6.45, 7) is 10.3. The molecular formula is C27H36BrN5O3. The number of carbonyl (C=O) groups is 1. The SMILES string of the molecule is CC(C)(C)OC(=O)N1C2CCC1CN(c1cc(OCC34CCCN3CCC4)nc3cc(Br)cnc13)C2. The van der Waals surface area contributed by atoms with E-state index in [1.54, 1.807) is 0 Å². The molecule has 6 rings (SSSR count). The number of hydrogen-bond acceptors (Lipinski definition) is 7. The van der Waals surface area contributed by atoms with Crippen molar-refractivity contribution in [2.24, 2.45) is 0 Å². The lowest BCUT2D eigenvalue weighted by atomic mass is 9.95. The van der Waals surface area contributed by atoms with Crippen molar-refractivity contribution in [3.8, 4) is 5.88 Å². The molecule has 36 heavy (non-hydrogen) atoms. The summed E-state index contributed by atoms with van der Waals surface area (Å²) in [5.74, 6) is 0.660. The maximum absolute atomic E-state index is 13.0. The van der Waals surface area contributed by atoms with Gasteiger partial charge in [0.1, 0.15) is 17.7 Å². The van der Waals surface area contributed by atoms with E-state index in [4.69, 9.17) is 19.4 Å². The summed E-state index contributed by atoms with van der Waals surface area (Å²) in [6, 6.07) is 4.34. The zero-order valence-electron chi connectivity index (χ0n) is 21.5. The summed E-state index contributed by atoms with van der Waals surface area (Å²) in [6.07, 6.45) is 8.52. The quantitative estimate of drug-likeness (QED) is 0.524. The van der Waals surface area contributed by atoms with Gasteiger partial charge in [-0.15, -0.1) is 0 Å². The molecule has 2 unspecified atom stereocenters. The Morgan fingerprint density at radius 1 is 1.14 bits per heavy atom. The third kappa shape index (κ3) is 4.42. The molecule has 4 aliphatic heterocycles. The van der Waals surface area contributed by atoms with E-state index in [-0.39, 0.29) is 23.7 Å². The average molecular weight is 559 g/mol. The Morgan fingerprint density at radius 2 is 1.83 bits per heavy atom. The molecular weight excluding hydrogens is 522 g/mol. The Balaban J connectivity index is 1.27. The van der Waals surface area contributed by atoms with Crippen LogP contribution in [0.2, 0.25) is 0 Å². The topological polar surface area (TPSA) is 71.0 Å². The fourth-order valence-corrected chi connectivity index (χ4v) is 7.06. The first-order valence-corrected chi connectivity index (χ1v) is 14.1. The van der Waals surface area contributed by atoms with Crippen LogP contribution in [0.3, 0.4) is 0 Å². The molecule has 0 spiro atoms. The molecule has 4 fully saturated rings. The second-order valence-corrected chi connectivity index (χ2v) is 12.8. The maximum atomic E-state index is 13.0. The standard InChI is InChI=1S/C27H36BrN5O3/c1-26(2,3)36-25(34)33-19-6-7-20(33)16-31(15-19)22-13-23(30-21-12-18(28)14-29-24(21)22)35-17-27-8-4-10-32(27)11-5-9-27/h12-14,19-20H,4-11,15-17H2,1-3H3. The monoisotopic (exact) mass is 557 g/mol. The van der Waals surface area contributed by atoms with Gasteiger partial charge in [0.15, 0.2) is 0 Å². The van der Waals surface area contributed by atoms with Crippen LogP contribution in [0.25, 0.3) is 11.0 Å². The van der Waals surface area contributed by atoms with E-state index in [1.165, 1.54) is 38.8 Å². The molecule has 0 saturated carbocycles. The largest absolute Gasteiger partial charge is 0.476 e. The molecule has 0 radical (unpaired) electrons. The van der Waals surface area contributed by atoms with Crippen LogP contribution in [0.5, 0.6) is 5.88 Å². The van der Waals surface area contributed by atoms with Gasteiger partial charge in [0.2, 0.25) is 5.88 Å². The maximum Gasteiger partial charge on any atom is 0.410 e. The highest BCUT2D eigenvalue weighted by Gasteiger charge is 2.46. The molecule has 194 valence electrons. The number of hydrogen-bond donors (Lipinski definition) is 0. The van der Waals surface area contributed by atoms with E-state index < -0.39 is 5.60 Å². The van der Waals surface area contributed by atoms with Gasteiger partial charge in [-0.05, 0) is 94.4 Å². The van der Waals surface area contributed by atoms with Crippen molar-refractivity contribution in [3.05, 3.63) is 22.8 Å². The fourth-order valence-electron chi connectivity index (χ4n) is 6.74. The lowest BCUT2D eigenvalue weighted by Crippen LogP contribution is -2.56. The number of carbonyl (C=O) groups excluding carboxylic acids is 1. The number of pyridine rings is 2. The predicted octanol–water partition coefficient (Wildman–Crippen LogP) is 4.99. The Hall–Kier alpha value is -2.13. The fraction of sp³-hybridized carbons (Fsp3) is 0.667. The molecule has 4 aliphatic rings. The highest BCUT2D eigenvalue weighted by molar-refractivity contribution is 9.10. The summed E-state index contributed by atoms with van der Waals surface area (Å²) < 4.78 is 13.1. The molecule has 1 amide bonds. The first-order valence-electron chi connectivity index (χ1n) is 13.3. The van der Waals surface area contributed by atoms with Gasteiger partial charge in [0.05, 0.1) is 28.8 Å². The minimum atomic E-state index is -0.494. The number of halogens is 1. The van der Waals surface area contributed by atoms with Crippen LogP contribution in [-0.4, -0.2) is 81.9 Å². The van der Waals surface area contributed by atoms with Crippen molar-refractivity contribution in [2.45, 2.75) is 82.5 Å². The predicted molar refractivity (Wildman–Crippen MR) is 143 cm³/mol. The second kappa shape index (κ2) is 9.01. The summed E-state index contributed by atoms with van der Waals surface area (Å²) in [7, 11) is 0. The first-order chi connectivity index (χ1) is 17.2. The normalized spacial score (nSPS) is 25.4. The Labute approximate surface area is 221 Å². The van der Waals surface area contributed by atoms with Gasteiger partial charge < -0.3 is 14.4 Å². The Kier molecular flexibility index (Phi) is 6.06. The van der Waals surface area contributed by atoms with Crippen LogP contribution in [0.4, 0.5) is 10.5 Å². The Morgan fingerprint density at radius 3 is 2.50 bits per heavy atom. The first kappa shape index (κ1) is 24.2. The number of fused-ring (bicyclic) bond motifs is 4. The van der Waals surface area contributed by atoms with Crippen LogP contribution in [0.1, 0.15) is 59.3 Å². The molecule has 2 bridgehead atoms. The van der Waals surface area contributed by atoms with Gasteiger partial charge in [-0.3, -0.25) is 14.8 Å². The lowest BCUT2D eigenvalue weighted by Gasteiger charge is -2.42. The summed E-state index contributed by atoms with van der Waals surface area (Å²) in [5, 5.41) is 0. The van der Waals surface area contributed by atoms with Gasteiger partial charge in [0.25, 0.3) is 0 Å². The second-order valence-electron chi connectivity index (χ2n) is 11.9. The van der Waals surface area contributed by atoms with Crippen molar-refractivity contribution in [3.63, 3.8) is 0 Å². The van der Waals surface area contributed by atoms with Crippen LogP contribution in [0, 0.1) is 0 Å². The number of nitrogens with zero attached hydrogens (tertiary/aromatic N) is 5. The van der Waals surface area contributed by atoms with Gasteiger partial charge in [0, 0.05) is 29.8 Å². The number of piperazine rings is 1. The van der Waals surface area contributed by atoms with E-state index in [0.717, 1.165) is 47.1 Å². The third-order valence-corrected chi connectivity index (χ3v) is 8.73. The minimum absolute atomic E-state index is 0.131. The Bertz CT molecular complexity index is 1140. The van der Waals surface area contributed by atoms with E-state index in [9.17, 15) is 4.79 Å². The van der Waals surface area contributed by atoms with Crippen LogP contribution < -0.4 is 9.64 Å². The van der Waals surface area contributed by atoms with Crippen molar-refractivity contribution in [1.29, 1.82) is 0 Å². The molecule has 6 heterocycles. The number of rotatable bonds is 4. The summed E-state index contributed by atoms with van der Waals surface area (Å²) in [5.41, 5.74) is 2.41. The van der Waals surface area contributed by atoms with Gasteiger partial charge >= 0.3 is 6.09 Å². The van der Waals surface area contributed by atoms with Crippen molar-refractivity contribution < 1.29 is 14.3 Å². The summed E-state index contributed by atoms with van der Waals surface area (Å²) in [4.78, 5) is 29.5. The number of aromatic nitrogens is 2. The smallest absolute Gasteiger partial charge is 0.410 e. The zero-order valence-corrected chi connectivity index (χ0v) is 23.1. The highest BCUT2D eigenvalue weighted by atomic mass is 79.9. The molecule has 4 saturated heterocycles. The van der Waals surface area contributed by atoms with E-state index in [0.29, 0.717) is 12.5 Å². The minimum Gasteiger partial charge on any atom is -0.476 e. The molecule has 2 aromatic rings. The van der Waals surface area contributed by atoms with Crippen LogP contribution >= 0.6 is 15.9 Å². The molecule has 0 aliphatic carbocycles. The molecule has 9 heteroatoms. The highest BCUT2D eigenvalue weighted by Crippen LogP contribution is 2.40. The molecule has 0 aromatic carbocycles. The van der Waals surface area contributed by atoms with Gasteiger partial charge in [-0.2, -0.15) is 0 Å². The van der Waals surface area contributed by atoms with Crippen LogP contribution in [0.15, 0.2) is 22.8 Å². The van der Waals surface area contributed by atoms with Crippen LogP contribution in [-0.2, 0) is 4.74 Å². The van der Waals surface area contributed by atoms with Crippen molar-refractivity contribution in [2.75, 3.05) is 37.7 Å². The van der Waals surface area contributed by atoms with Crippen molar-refractivity contribution in [1.82, 2.24) is 19.8 Å². The zero-order chi connectivity index (χ0) is 25.1. The molecule has 8 nitrogen and oxygen atoms in total. The van der Waals surface area contributed by atoms with E-state index in [2.05, 4.69) is 31.8 Å². The van der Waals surface area contributed by atoms with Crippen molar-refractivity contribution >= 4 is 38.7 Å². The molecule has 2 atom stereocenters. The van der Waals surface area contributed by atoms with E-state index in [1.807, 2.05) is 37.9 Å². The van der Waals surface area contributed by atoms with E-state index >= 15 is 0 Å². The molecule has 2 aromatic heterocycles. The number of ether oxygens (including phenoxy) is 2. The average Bonchev–Trinajstić information content (AvgIpc) is 3.46. The van der Waals surface area contributed by atoms with Gasteiger partial charge in [-0.25, -0.2) is 9.78 Å². The number of anilines is 1. The third-order valence-electron chi connectivity index (χ3n) is 8.29. The number of amides is 1. The molecule has 0 N–H and O–H groups in total. The lowest BCUT2D eigenvalue weighted by molar-refractivity contribution is 0.0123. The summed E-state index contributed by atoms with van der Waals surface area (Å²) >= 11 is 3.56.